The summed E-state index contributed by atoms with van der Waals surface area (Å²) in [5, 5.41) is 12.5. The number of aromatic nitrogens is 5. The van der Waals surface area contributed by atoms with Gasteiger partial charge in [0, 0.05) is 19.0 Å². The number of hydrogen-bond donors (Lipinski definition) is 0. The largest absolute Gasteiger partial charge is 0.493 e. The number of hydrogen-bond acceptors (Lipinski definition) is 7. The third-order valence-corrected chi connectivity index (χ3v) is 5.66. The van der Waals surface area contributed by atoms with E-state index in [1.807, 2.05) is 47.0 Å². The minimum absolute atomic E-state index is 0.00949. The SMILES string of the molecule is CCOc1ccccc1C(=O)N1CCC(n2cc(-c3nc(C4CC4)no3)nn2)CC1. The van der Waals surface area contributed by atoms with E-state index in [1.165, 1.54) is 0 Å². The van der Waals surface area contributed by atoms with Crippen molar-refractivity contribution in [2.75, 3.05) is 19.7 Å². The Morgan fingerprint density at radius 2 is 2.00 bits per heavy atom. The predicted octanol–water partition coefficient (Wildman–Crippen LogP) is 3.08. The molecule has 0 unspecified atom stereocenters. The normalized spacial score (nSPS) is 17.3. The maximum absolute atomic E-state index is 13.0. The molecule has 2 fully saturated rings. The molecule has 0 atom stereocenters. The van der Waals surface area contributed by atoms with Crippen LogP contribution in [0.3, 0.4) is 0 Å². The summed E-state index contributed by atoms with van der Waals surface area (Å²) >= 11 is 0. The molecule has 1 saturated heterocycles. The van der Waals surface area contributed by atoms with Crippen LogP contribution in [-0.4, -0.2) is 55.6 Å². The van der Waals surface area contributed by atoms with E-state index in [0.717, 1.165) is 31.5 Å². The fourth-order valence-corrected chi connectivity index (χ4v) is 3.83. The minimum atomic E-state index is 0.00949. The summed E-state index contributed by atoms with van der Waals surface area (Å²) < 4.78 is 12.8. The summed E-state index contributed by atoms with van der Waals surface area (Å²) in [5.74, 6) is 2.27. The van der Waals surface area contributed by atoms with E-state index in [4.69, 9.17) is 9.26 Å². The summed E-state index contributed by atoms with van der Waals surface area (Å²) in [6.07, 6.45) is 5.72. The quantitative estimate of drug-likeness (QED) is 0.618. The maximum atomic E-state index is 13.0. The Morgan fingerprint density at radius 1 is 1.20 bits per heavy atom. The van der Waals surface area contributed by atoms with Crippen LogP contribution in [0.2, 0.25) is 0 Å². The van der Waals surface area contributed by atoms with Gasteiger partial charge in [0.2, 0.25) is 0 Å². The average Bonchev–Trinajstić information content (AvgIpc) is 3.31. The predicted molar refractivity (Wildman–Crippen MR) is 107 cm³/mol. The number of amides is 1. The van der Waals surface area contributed by atoms with Crippen molar-refractivity contribution in [1.29, 1.82) is 0 Å². The van der Waals surface area contributed by atoms with Crippen LogP contribution >= 0.6 is 0 Å². The lowest BCUT2D eigenvalue weighted by Crippen LogP contribution is -2.39. The summed E-state index contributed by atoms with van der Waals surface area (Å²) in [4.78, 5) is 19.3. The lowest BCUT2D eigenvalue weighted by molar-refractivity contribution is 0.0685. The standard InChI is InChI=1S/C21H24N6O3/c1-2-29-18-6-4-3-5-16(18)21(28)26-11-9-15(10-12-26)27-13-17(23-25-27)20-22-19(24-30-20)14-7-8-14/h3-6,13-15H,2,7-12H2,1H3. The van der Waals surface area contributed by atoms with E-state index in [1.54, 1.807) is 0 Å². The molecular weight excluding hydrogens is 384 g/mol. The Morgan fingerprint density at radius 3 is 2.77 bits per heavy atom. The second-order valence-electron chi connectivity index (χ2n) is 7.77. The molecule has 1 amide bonds. The first kappa shape index (κ1) is 18.8. The molecule has 0 radical (unpaired) electrons. The highest BCUT2D eigenvalue weighted by Crippen LogP contribution is 2.38. The number of likely N-dealkylation sites (tertiary alicyclic amines) is 1. The maximum Gasteiger partial charge on any atom is 0.280 e. The Labute approximate surface area is 174 Å². The molecule has 0 N–H and O–H groups in total. The van der Waals surface area contributed by atoms with E-state index in [2.05, 4.69) is 20.5 Å². The number of benzene rings is 1. The highest BCUT2D eigenvalue weighted by atomic mass is 16.5. The van der Waals surface area contributed by atoms with Crippen LogP contribution in [0.25, 0.3) is 11.6 Å². The van der Waals surface area contributed by atoms with E-state index in [0.29, 0.717) is 48.5 Å². The molecule has 1 aromatic carbocycles. The van der Waals surface area contributed by atoms with E-state index < -0.39 is 0 Å². The van der Waals surface area contributed by atoms with Gasteiger partial charge in [0.05, 0.1) is 24.4 Å². The molecule has 1 aliphatic heterocycles. The summed E-state index contributed by atoms with van der Waals surface area (Å²) in [6, 6.07) is 7.60. The highest BCUT2D eigenvalue weighted by molar-refractivity contribution is 5.97. The van der Waals surface area contributed by atoms with Gasteiger partial charge in [0.1, 0.15) is 5.75 Å². The molecule has 9 nitrogen and oxygen atoms in total. The number of carbonyl (C=O) groups excluding carboxylic acids is 1. The van der Waals surface area contributed by atoms with Gasteiger partial charge in [-0.25, -0.2) is 4.68 Å². The summed E-state index contributed by atoms with van der Waals surface area (Å²) in [6.45, 7) is 3.76. The molecule has 156 valence electrons. The molecule has 2 aromatic heterocycles. The first-order valence-electron chi connectivity index (χ1n) is 10.5. The number of ether oxygens (including phenoxy) is 1. The van der Waals surface area contributed by atoms with Crippen molar-refractivity contribution in [3.05, 3.63) is 41.9 Å². The fraction of sp³-hybridized carbons (Fsp3) is 0.476. The number of piperidine rings is 1. The molecule has 3 heterocycles. The third kappa shape index (κ3) is 3.67. The van der Waals surface area contributed by atoms with Gasteiger partial charge in [-0.15, -0.1) is 5.10 Å². The molecule has 1 saturated carbocycles. The summed E-state index contributed by atoms with van der Waals surface area (Å²) in [7, 11) is 0. The molecule has 1 aliphatic carbocycles. The smallest absolute Gasteiger partial charge is 0.280 e. The van der Waals surface area contributed by atoms with Gasteiger partial charge >= 0.3 is 0 Å². The van der Waals surface area contributed by atoms with Crippen LogP contribution in [0, 0.1) is 0 Å². The van der Waals surface area contributed by atoms with Gasteiger partial charge in [-0.3, -0.25) is 4.79 Å². The van der Waals surface area contributed by atoms with E-state index in [9.17, 15) is 4.79 Å². The second-order valence-corrected chi connectivity index (χ2v) is 7.77. The molecule has 3 aromatic rings. The lowest BCUT2D eigenvalue weighted by atomic mass is 10.0. The first-order chi connectivity index (χ1) is 14.7. The van der Waals surface area contributed by atoms with Gasteiger partial charge < -0.3 is 14.2 Å². The van der Waals surface area contributed by atoms with Gasteiger partial charge in [-0.05, 0) is 44.7 Å². The van der Waals surface area contributed by atoms with Crippen LogP contribution in [0.5, 0.6) is 5.75 Å². The zero-order valence-electron chi connectivity index (χ0n) is 16.9. The van der Waals surface area contributed by atoms with Crippen molar-refractivity contribution in [1.82, 2.24) is 30.0 Å². The Balaban J connectivity index is 1.23. The van der Waals surface area contributed by atoms with Crippen molar-refractivity contribution < 1.29 is 14.1 Å². The minimum Gasteiger partial charge on any atom is -0.493 e. The topological polar surface area (TPSA) is 99.2 Å². The second kappa shape index (κ2) is 7.89. The van der Waals surface area contributed by atoms with Crippen LogP contribution in [0.4, 0.5) is 0 Å². The van der Waals surface area contributed by atoms with Crippen LogP contribution < -0.4 is 4.74 Å². The van der Waals surface area contributed by atoms with Crippen LogP contribution in [0.1, 0.15) is 60.7 Å². The van der Waals surface area contributed by atoms with Gasteiger partial charge in [0.25, 0.3) is 11.8 Å². The first-order valence-corrected chi connectivity index (χ1v) is 10.5. The van der Waals surface area contributed by atoms with E-state index in [-0.39, 0.29) is 11.9 Å². The number of carbonyl (C=O) groups is 1. The third-order valence-electron chi connectivity index (χ3n) is 5.66. The Bertz CT molecular complexity index is 1030. The number of rotatable bonds is 6. The van der Waals surface area contributed by atoms with Crippen LogP contribution in [-0.2, 0) is 0 Å². The molecule has 30 heavy (non-hydrogen) atoms. The molecule has 5 rings (SSSR count). The van der Waals surface area contributed by atoms with Gasteiger partial charge in [-0.1, -0.05) is 22.5 Å². The van der Waals surface area contributed by atoms with E-state index >= 15 is 0 Å². The molecule has 9 heteroatoms. The monoisotopic (exact) mass is 408 g/mol. The van der Waals surface area contributed by atoms with Gasteiger partial charge in [0.15, 0.2) is 11.5 Å². The van der Waals surface area contributed by atoms with Crippen molar-refractivity contribution >= 4 is 5.91 Å². The van der Waals surface area contributed by atoms with Crippen molar-refractivity contribution in [3.8, 4) is 17.3 Å². The molecule has 0 bridgehead atoms. The number of para-hydroxylation sites is 1. The summed E-state index contributed by atoms with van der Waals surface area (Å²) in [5.41, 5.74) is 1.21. The Kier molecular flexibility index (Phi) is 4.94. The van der Waals surface area contributed by atoms with Crippen LogP contribution in [0.15, 0.2) is 35.0 Å². The average molecular weight is 408 g/mol. The van der Waals surface area contributed by atoms with Gasteiger partial charge in [-0.2, -0.15) is 4.98 Å². The zero-order chi connectivity index (χ0) is 20.5. The van der Waals surface area contributed by atoms with Crippen molar-refractivity contribution in [2.45, 2.75) is 44.6 Å². The molecule has 0 spiro atoms. The van der Waals surface area contributed by atoms with Crippen molar-refractivity contribution in [3.63, 3.8) is 0 Å². The fourth-order valence-electron chi connectivity index (χ4n) is 3.83. The Hall–Kier alpha value is -3.23. The molecule has 2 aliphatic rings. The highest BCUT2D eigenvalue weighted by Gasteiger charge is 2.30. The number of nitrogens with zero attached hydrogens (tertiary/aromatic N) is 6. The zero-order valence-corrected chi connectivity index (χ0v) is 16.9. The lowest BCUT2D eigenvalue weighted by Gasteiger charge is -2.32. The molecular formula is C21H24N6O3. The van der Waals surface area contributed by atoms with Crippen molar-refractivity contribution in [2.24, 2.45) is 0 Å².